The SMILES string of the molecule is CC(C)(C)[C@@H](O)C(NC(=O)O)[C@H]1CO1. The van der Waals surface area contributed by atoms with Crippen LogP contribution in [-0.2, 0) is 4.74 Å². The lowest BCUT2D eigenvalue weighted by molar-refractivity contribution is 0.0208. The standard InChI is InChI=1S/C9H17NO4/c1-9(2,3)7(11)6(5-4-14-5)10-8(12)13/h5-7,10-11H,4H2,1-3H3,(H,12,13)/t5-,6?,7+/m1/s1. The van der Waals surface area contributed by atoms with E-state index in [0.717, 1.165) is 0 Å². The maximum atomic E-state index is 10.5. The minimum Gasteiger partial charge on any atom is -0.465 e. The summed E-state index contributed by atoms with van der Waals surface area (Å²) in [6, 6.07) is -0.535. The van der Waals surface area contributed by atoms with Crippen LogP contribution in [0.4, 0.5) is 4.79 Å². The van der Waals surface area contributed by atoms with Crippen molar-refractivity contribution in [2.24, 2.45) is 5.41 Å². The van der Waals surface area contributed by atoms with E-state index in [1.165, 1.54) is 0 Å². The molecule has 0 spiro atoms. The lowest BCUT2D eigenvalue weighted by Gasteiger charge is -2.31. The number of hydrogen-bond acceptors (Lipinski definition) is 3. The van der Waals surface area contributed by atoms with Gasteiger partial charge < -0.3 is 20.3 Å². The molecular formula is C9H17NO4. The summed E-state index contributed by atoms with van der Waals surface area (Å²) in [4.78, 5) is 10.5. The summed E-state index contributed by atoms with van der Waals surface area (Å²) in [5, 5.41) is 20.8. The molecule has 1 heterocycles. The first-order valence-corrected chi connectivity index (χ1v) is 4.61. The van der Waals surface area contributed by atoms with Crippen LogP contribution in [-0.4, -0.2) is 41.2 Å². The van der Waals surface area contributed by atoms with E-state index in [-0.39, 0.29) is 11.5 Å². The molecule has 3 atom stereocenters. The van der Waals surface area contributed by atoms with Crippen LogP contribution < -0.4 is 5.32 Å². The molecule has 5 nitrogen and oxygen atoms in total. The number of nitrogens with one attached hydrogen (secondary N) is 1. The number of ether oxygens (including phenoxy) is 1. The average molecular weight is 203 g/mol. The second-order valence-corrected chi connectivity index (χ2v) is 4.66. The first kappa shape index (κ1) is 11.3. The number of aliphatic hydroxyl groups excluding tert-OH is 1. The molecule has 14 heavy (non-hydrogen) atoms. The van der Waals surface area contributed by atoms with E-state index in [1.807, 2.05) is 20.8 Å². The van der Waals surface area contributed by atoms with Crippen LogP contribution in [0.1, 0.15) is 20.8 Å². The second kappa shape index (κ2) is 3.74. The zero-order valence-electron chi connectivity index (χ0n) is 8.65. The van der Waals surface area contributed by atoms with Gasteiger partial charge in [-0.2, -0.15) is 0 Å². The maximum Gasteiger partial charge on any atom is 0.405 e. The van der Waals surface area contributed by atoms with Gasteiger partial charge in [-0.3, -0.25) is 0 Å². The van der Waals surface area contributed by atoms with Crippen LogP contribution in [0.5, 0.6) is 0 Å². The molecule has 1 aliphatic heterocycles. The molecule has 82 valence electrons. The Morgan fingerprint density at radius 1 is 1.57 bits per heavy atom. The fourth-order valence-electron chi connectivity index (χ4n) is 1.32. The van der Waals surface area contributed by atoms with E-state index < -0.39 is 18.2 Å². The van der Waals surface area contributed by atoms with Crippen molar-refractivity contribution in [2.75, 3.05) is 6.61 Å². The summed E-state index contributed by atoms with van der Waals surface area (Å²) in [6.45, 7) is 6.09. The molecule has 0 bridgehead atoms. The normalized spacial score (nSPS) is 25.3. The maximum absolute atomic E-state index is 10.5. The molecule has 1 fully saturated rings. The number of carboxylic acid groups (broad SMARTS) is 1. The van der Waals surface area contributed by atoms with E-state index in [1.54, 1.807) is 0 Å². The summed E-state index contributed by atoms with van der Waals surface area (Å²) in [5.74, 6) is 0. The molecule has 1 amide bonds. The summed E-state index contributed by atoms with van der Waals surface area (Å²) in [6.07, 6.45) is -2.06. The third kappa shape index (κ3) is 2.85. The molecule has 1 unspecified atom stereocenters. The van der Waals surface area contributed by atoms with E-state index in [4.69, 9.17) is 9.84 Å². The molecule has 1 rings (SSSR count). The Hall–Kier alpha value is -0.810. The predicted molar refractivity (Wildman–Crippen MR) is 50.2 cm³/mol. The summed E-state index contributed by atoms with van der Waals surface area (Å²) in [5.41, 5.74) is -0.362. The van der Waals surface area contributed by atoms with Gasteiger partial charge >= 0.3 is 6.09 Å². The smallest absolute Gasteiger partial charge is 0.405 e. The largest absolute Gasteiger partial charge is 0.465 e. The van der Waals surface area contributed by atoms with Crippen LogP contribution in [0.3, 0.4) is 0 Å². The second-order valence-electron chi connectivity index (χ2n) is 4.66. The number of hydrogen-bond donors (Lipinski definition) is 3. The van der Waals surface area contributed by atoms with Crippen LogP contribution >= 0.6 is 0 Å². The Balaban J connectivity index is 2.62. The lowest BCUT2D eigenvalue weighted by atomic mass is 9.83. The molecule has 1 saturated heterocycles. The van der Waals surface area contributed by atoms with Crippen LogP contribution in [0.25, 0.3) is 0 Å². The Bertz CT molecular complexity index is 219. The van der Waals surface area contributed by atoms with E-state index in [9.17, 15) is 9.90 Å². The van der Waals surface area contributed by atoms with Gasteiger partial charge in [-0.15, -0.1) is 0 Å². The van der Waals surface area contributed by atoms with Crippen LogP contribution in [0, 0.1) is 5.41 Å². The highest BCUT2D eigenvalue weighted by Gasteiger charge is 2.42. The third-order valence-corrected chi connectivity index (χ3v) is 2.28. The highest BCUT2D eigenvalue weighted by atomic mass is 16.6. The minimum absolute atomic E-state index is 0.180. The minimum atomic E-state index is -1.13. The topological polar surface area (TPSA) is 82.1 Å². The molecule has 0 radical (unpaired) electrons. The average Bonchev–Trinajstić information content (AvgIpc) is 2.79. The van der Waals surface area contributed by atoms with Gasteiger partial charge in [-0.05, 0) is 5.41 Å². The van der Waals surface area contributed by atoms with Gasteiger partial charge in [0.25, 0.3) is 0 Å². The number of amides is 1. The van der Waals surface area contributed by atoms with Gasteiger partial charge in [0.1, 0.15) is 6.10 Å². The molecule has 0 saturated carbocycles. The van der Waals surface area contributed by atoms with Crippen molar-refractivity contribution in [1.82, 2.24) is 5.32 Å². The quantitative estimate of drug-likeness (QED) is 0.581. The molecule has 0 aromatic rings. The molecule has 1 aliphatic rings. The lowest BCUT2D eigenvalue weighted by Crippen LogP contribution is -2.51. The van der Waals surface area contributed by atoms with Crippen molar-refractivity contribution >= 4 is 6.09 Å². The van der Waals surface area contributed by atoms with Crippen molar-refractivity contribution in [2.45, 2.75) is 39.0 Å². The first-order chi connectivity index (χ1) is 6.32. The van der Waals surface area contributed by atoms with Gasteiger partial charge in [-0.25, -0.2) is 4.79 Å². The highest BCUT2D eigenvalue weighted by Crippen LogP contribution is 2.27. The van der Waals surface area contributed by atoms with Crippen LogP contribution in [0.15, 0.2) is 0 Å². The van der Waals surface area contributed by atoms with Crippen molar-refractivity contribution in [3.63, 3.8) is 0 Å². The number of carbonyl (C=O) groups is 1. The van der Waals surface area contributed by atoms with Crippen LogP contribution in [0.2, 0.25) is 0 Å². The van der Waals surface area contributed by atoms with E-state index in [2.05, 4.69) is 5.32 Å². The molecule has 5 heteroatoms. The summed E-state index contributed by atoms with van der Waals surface area (Å²) >= 11 is 0. The molecule has 3 N–H and O–H groups in total. The zero-order valence-corrected chi connectivity index (χ0v) is 8.65. The number of aliphatic hydroxyl groups is 1. The first-order valence-electron chi connectivity index (χ1n) is 4.61. The van der Waals surface area contributed by atoms with Gasteiger partial charge in [0.15, 0.2) is 0 Å². The third-order valence-electron chi connectivity index (χ3n) is 2.28. The Labute approximate surface area is 83.1 Å². The van der Waals surface area contributed by atoms with Crippen molar-refractivity contribution in [3.8, 4) is 0 Å². The summed E-state index contributed by atoms with van der Waals surface area (Å²) in [7, 11) is 0. The molecular weight excluding hydrogens is 186 g/mol. The van der Waals surface area contributed by atoms with Crippen molar-refractivity contribution in [1.29, 1.82) is 0 Å². The van der Waals surface area contributed by atoms with Crippen molar-refractivity contribution < 1.29 is 19.7 Å². The monoisotopic (exact) mass is 203 g/mol. The molecule has 0 aromatic carbocycles. The fraction of sp³-hybridized carbons (Fsp3) is 0.889. The molecule has 0 aromatic heterocycles. The van der Waals surface area contributed by atoms with Gasteiger partial charge in [0.2, 0.25) is 0 Å². The Morgan fingerprint density at radius 3 is 2.36 bits per heavy atom. The van der Waals surface area contributed by atoms with Gasteiger partial charge in [0.05, 0.1) is 18.8 Å². The predicted octanol–water partition coefficient (Wildman–Crippen LogP) is 0.428. The van der Waals surface area contributed by atoms with Gasteiger partial charge in [0, 0.05) is 0 Å². The zero-order chi connectivity index (χ0) is 10.9. The van der Waals surface area contributed by atoms with Crippen molar-refractivity contribution in [3.05, 3.63) is 0 Å². The number of rotatable bonds is 3. The Kier molecular flexibility index (Phi) is 3.01. The van der Waals surface area contributed by atoms with Gasteiger partial charge in [-0.1, -0.05) is 20.8 Å². The van der Waals surface area contributed by atoms with E-state index >= 15 is 0 Å². The summed E-state index contributed by atoms with van der Waals surface area (Å²) < 4.78 is 5.00. The Morgan fingerprint density at radius 2 is 2.07 bits per heavy atom. The fourth-order valence-corrected chi connectivity index (χ4v) is 1.32. The van der Waals surface area contributed by atoms with E-state index in [0.29, 0.717) is 6.61 Å². The number of epoxide rings is 1. The highest BCUT2D eigenvalue weighted by molar-refractivity contribution is 5.65. The molecule has 0 aliphatic carbocycles.